The van der Waals surface area contributed by atoms with E-state index in [1.165, 1.54) is 14.2 Å². The molecule has 34 heavy (non-hydrogen) atoms. The number of rotatable bonds is 5. The Morgan fingerprint density at radius 3 is 2.24 bits per heavy atom. The largest absolute Gasteiger partial charge is 0.493 e. The molecule has 0 radical (unpaired) electrons. The molecular formula is C23H20Cl2O9. The predicted molar refractivity (Wildman–Crippen MR) is 118 cm³/mol. The van der Waals surface area contributed by atoms with E-state index in [-0.39, 0.29) is 30.6 Å². The molecule has 0 spiro atoms. The summed E-state index contributed by atoms with van der Waals surface area (Å²) in [6, 6.07) is 6.79. The molecule has 2 aliphatic heterocycles. The second-order valence-corrected chi connectivity index (χ2v) is 9.15. The van der Waals surface area contributed by atoms with Gasteiger partial charge in [0.15, 0.2) is 23.0 Å². The van der Waals surface area contributed by atoms with Crippen LogP contribution in [-0.2, 0) is 14.3 Å². The Hall–Kier alpha value is -2.88. The molecule has 2 aromatic rings. The van der Waals surface area contributed by atoms with Crippen LogP contribution in [0.1, 0.15) is 28.7 Å². The van der Waals surface area contributed by atoms with E-state index >= 15 is 0 Å². The lowest BCUT2D eigenvalue weighted by atomic mass is 9.66. The average Bonchev–Trinajstić information content (AvgIpc) is 3.45. The SMILES string of the molecule is COc1cc([C@@H]2c3cc4c(cc3[C@@H](O)[C@H]3COC(=O)[C@H]23)OCO4)cc(OC)c1OC(=O)C(Cl)Cl. The van der Waals surface area contributed by atoms with Gasteiger partial charge >= 0.3 is 11.9 Å². The number of carbonyl (C=O) groups is 2. The van der Waals surface area contributed by atoms with Gasteiger partial charge in [-0.2, -0.15) is 0 Å². The van der Waals surface area contributed by atoms with Crippen LogP contribution in [-0.4, -0.2) is 49.5 Å². The van der Waals surface area contributed by atoms with Crippen LogP contribution in [0.2, 0.25) is 0 Å². The molecule has 5 rings (SSSR count). The Morgan fingerprint density at radius 2 is 1.65 bits per heavy atom. The maximum atomic E-state index is 12.8. The highest BCUT2D eigenvalue weighted by molar-refractivity contribution is 6.53. The summed E-state index contributed by atoms with van der Waals surface area (Å²) in [5.74, 6) is -1.60. The molecule has 0 saturated carbocycles. The van der Waals surface area contributed by atoms with Crippen LogP contribution in [0.4, 0.5) is 0 Å². The number of hydrogen-bond acceptors (Lipinski definition) is 9. The molecule has 4 atom stereocenters. The first kappa shape index (κ1) is 22.9. The minimum absolute atomic E-state index is 0.00245. The number of carbonyl (C=O) groups excluding carboxylic acids is 2. The number of hydrogen-bond donors (Lipinski definition) is 1. The molecule has 180 valence electrons. The molecule has 1 fully saturated rings. The van der Waals surface area contributed by atoms with Gasteiger partial charge in [-0.15, -0.1) is 0 Å². The highest BCUT2D eigenvalue weighted by atomic mass is 35.5. The standard InChI is InChI=1S/C23H20Cl2O9/c1-29-15-3-9(4-16(30-2)20(15)34-23(28)21(24)25)17-10-5-13-14(33-8-32-13)6-11(10)19(26)12-7-31-22(27)18(12)17/h3-6,12,17-19,21,26H,7-8H2,1-2H3/t12-,17+,18-,19+/m0/s1. The zero-order valence-corrected chi connectivity index (χ0v) is 19.6. The summed E-state index contributed by atoms with van der Waals surface area (Å²) >= 11 is 11.3. The molecule has 9 nitrogen and oxygen atoms in total. The summed E-state index contributed by atoms with van der Waals surface area (Å²) in [4.78, 5) is 23.4. The predicted octanol–water partition coefficient (Wildman–Crippen LogP) is 3.11. The molecule has 0 amide bonds. The molecular weight excluding hydrogens is 491 g/mol. The number of halogens is 2. The lowest BCUT2D eigenvalue weighted by Gasteiger charge is -2.37. The van der Waals surface area contributed by atoms with Crippen molar-refractivity contribution in [3.8, 4) is 28.7 Å². The van der Waals surface area contributed by atoms with E-state index in [0.717, 1.165) is 0 Å². The number of methoxy groups -OCH3 is 2. The fraction of sp³-hybridized carbons (Fsp3) is 0.391. The third kappa shape index (κ3) is 3.59. The number of fused-ring (bicyclic) bond motifs is 3. The molecule has 1 aliphatic carbocycles. The molecule has 0 bridgehead atoms. The van der Waals surface area contributed by atoms with Gasteiger partial charge in [0.05, 0.1) is 32.8 Å². The van der Waals surface area contributed by atoms with E-state index in [2.05, 4.69) is 0 Å². The van der Waals surface area contributed by atoms with Crippen molar-refractivity contribution in [2.75, 3.05) is 27.6 Å². The maximum Gasteiger partial charge on any atom is 0.345 e. The monoisotopic (exact) mass is 510 g/mol. The molecule has 11 heteroatoms. The van der Waals surface area contributed by atoms with Gasteiger partial charge in [-0.25, -0.2) is 4.79 Å². The third-order valence-corrected chi connectivity index (χ3v) is 6.73. The second kappa shape index (κ2) is 8.72. The van der Waals surface area contributed by atoms with Crippen LogP contribution >= 0.6 is 23.2 Å². The molecule has 2 heterocycles. The summed E-state index contributed by atoms with van der Waals surface area (Å²) in [6.45, 7) is 0.156. The van der Waals surface area contributed by atoms with Crippen molar-refractivity contribution in [3.05, 3.63) is 41.0 Å². The van der Waals surface area contributed by atoms with Crippen molar-refractivity contribution in [1.29, 1.82) is 0 Å². The average molecular weight is 511 g/mol. The molecule has 1 saturated heterocycles. The minimum Gasteiger partial charge on any atom is -0.493 e. The van der Waals surface area contributed by atoms with Crippen LogP contribution in [0.15, 0.2) is 24.3 Å². The van der Waals surface area contributed by atoms with Crippen molar-refractivity contribution in [1.82, 2.24) is 0 Å². The van der Waals surface area contributed by atoms with Gasteiger partial charge in [-0.1, -0.05) is 23.2 Å². The fourth-order valence-corrected chi connectivity index (χ4v) is 4.95. The van der Waals surface area contributed by atoms with Crippen molar-refractivity contribution in [2.45, 2.75) is 16.9 Å². The van der Waals surface area contributed by atoms with Gasteiger partial charge in [0.2, 0.25) is 17.4 Å². The lowest BCUT2D eigenvalue weighted by Crippen LogP contribution is -2.34. The molecule has 2 aromatic carbocycles. The van der Waals surface area contributed by atoms with Crippen molar-refractivity contribution >= 4 is 35.1 Å². The number of benzene rings is 2. The number of ether oxygens (including phenoxy) is 6. The van der Waals surface area contributed by atoms with Crippen molar-refractivity contribution in [3.63, 3.8) is 0 Å². The topological polar surface area (TPSA) is 110 Å². The minimum atomic E-state index is -1.40. The molecule has 0 aromatic heterocycles. The van der Waals surface area contributed by atoms with Gasteiger partial charge < -0.3 is 33.5 Å². The molecule has 1 N–H and O–H groups in total. The van der Waals surface area contributed by atoms with Crippen LogP contribution in [0.25, 0.3) is 0 Å². The summed E-state index contributed by atoms with van der Waals surface area (Å²) < 4.78 is 32.6. The normalized spacial score (nSPS) is 24.4. The number of aliphatic hydroxyl groups is 1. The Balaban J connectivity index is 1.68. The molecule has 3 aliphatic rings. The quantitative estimate of drug-likeness (QED) is 0.368. The van der Waals surface area contributed by atoms with Crippen LogP contribution in [0.5, 0.6) is 28.7 Å². The zero-order valence-electron chi connectivity index (χ0n) is 18.1. The highest BCUT2D eigenvalue weighted by Crippen LogP contribution is 2.55. The third-order valence-electron chi connectivity index (χ3n) is 6.37. The van der Waals surface area contributed by atoms with Gasteiger partial charge in [-0.05, 0) is 41.0 Å². The van der Waals surface area contributed by atoms with Crippen LogP contribution < -0.4 is 23.7 Å². The van der Waals surface area contributed by atoms with Crippen LogP contribution in [0.3, 0.4) is 0 Å². The Labute approximate surface area is 204 Å². The summed E-state index contributed by atoms with van der Waals surface area (Å²) in [5.41, 5.74) is 1.93. The number of alkyl halides is 2. The lowest BCUT2D eigenvalue weighted by molar-refractivity contribution is -0.141. The van der Waals surface area contributed by atoms with E-state index in [4.69, 9.17) is 51.6 Å². The first-order valence-corrected chi connectivity index (χ1v) is 11.2. The van der Waals surface area contributed by atoms with Gasteiger partial charge in [0.1, 0.15) is 0 Å². The Morgan fingerprint density at radius 1 is 1.03 bits per heavy atom. The fourth-order valence-electron chi connectivity index (χ4n) is 4.86. The first-order valence-electron chi connectivity index (χ1n) is 10.4. The van der Waals surface area contributed by atoms with Gasteiger partial charge in [0, 0.05) is 11.8 Å². The van der Waals surface area contributed by atoms with E-state index in [0.29, 0.717) is 28.2 Å². The number of esters is 2. The second-order valence-electron chi connectivity index (χ2n) is 8.05. The zero-order chi connectivity index (χ0) is 24.1. The summed E-state index contributed by atoms with van der Waals surface area (Å²) in [5, 5.41) is 11.1. The van der Waals surface area contributed by atoms with Crippen molar-refractivity contribution < 1.29 is 43.1 Å². The summed E-state index contributed by atoms with van der Waals surface area (Å²) in [6.07, 6.45) is -0.925. The van der Waals surface area contributed by atoms with Gasteiger partial charge in [0.25, 0.3) is 0 Å². The number of cyclic esters (lactones) is 1. The first-order chi connectivity index (χ1) is 16.3. The maximum absolute atomic E-state index is 12.8. The smallest absolute Gasteiger partial charge is 0.345 e. The summed E-state index contributed by atoms with van der Waals surface area (Å²) in [7, 11) is 2.80. The number of aliphatic hydroxyl groups excluding tert-OH is 1. The van der Waals surface area contributed by atoms with E-state index in [1.807, 2.05) is 0 Å². The van der Waals surface area contributed by atoms with E-state index in [1.54, 1.807) is 24.3 Å². The van der Waals surface area contributed by atoms with E-state index < -0.39 is 40.6 Å². The van der Waals surface area contributed by atoms with Crippen molar-refractivity contribution in [2.24, 2.45) is 11.8 Å². The van der Waals surface area contributed by atoms with Crippen LogP contribution in [0, 0.1) is 11.8 Å². The Kier molecular flexibility index (Phi) is 5.87. The Bertz CT molecular complexity index is 1140. The van der Waals surface area contributed by atoms with Gasteiger partial charge in [-0.3, -0.25) is 4.79 Å². The van der Waals surface area contributed by atoms with E-state index in [9.17, 15) is 14.7 Å². The molecule has 0 unspecified atom stereocenters. The highest BCUT2D eigenvalue weighted by Gasteiger charge is 2.52.